The minimum atomic E-state index is -1.42. The zero-order valence-corrected chi connectivity index (χ0v) is 19.0. The molecular weight excluding hydrogens is 420 g/mol. The predicted octanol–water partition coefficient (Wildman–Crippen LogP) is -0.0714. The summed E-state index contributed by atoms with van der Waals surface area (Å²) < 4.78 is 9.90. The average molecular weight is 463 g/mol. The van der Waals surface area contributed by atoms with Crippen LogP contribution < -0.4 is 28.3 Å². The van der Waals surface area contributed by atoms with Gasteiger partial charge >= 0.3 is 12.2 Å². The SMILES string of the molecule is NCCCC[C@@H](N)COC(=O)N(CCCCN)CC(=O)N[C@@H](CCCCN)COC(=O)O. The van der Waals surface area contributed by atoms with Gasteiger partial charge in [0, 0.05) is 12.6 Å². The lowest BCUT2D eigenvalue weighted by atomic mass is 10.1. The molecule has 0 aliphatic carbocycles. The maximum atomic E-state index is 12.5. The van der Waals surface area contributed by atoms with Crippen molar-refractivity contribution in [2.24, 2.45) is 22.9 Å². The molecule has 0 bridgehead atoms. The highest BCUT2D eigenvalue weighted by molar-refractivity contribution is 5.82. The monoisotopic (exact) mass is 462 g/mol. The lowest BCUT2D eigenvalue weighted by molar-refractivity contribution is -0.123. The van der Waals surface area contributed by atoms with E-state index < -0.39 is 24.2 Å². The summed E-state index contributed by atoms with van der Waals surface area (Å²) in [6.07, 6.45) is 3.59. The summed E-state index contributed by atoms with van der Waals surface area (Å²) in [6.45, 7) is 1.49. The van der Waals surface area contributed by atoms with Crippen LogP contribution in [0.25, 0.3) is 0 Å². The third kappa shape index (κ3) is 16.5. The van der Waals surface area contributed by atoms with E-state index in [4.69, 9.17) is 32.8 Å². The van der Waals surface area contributed by atoms with E-state index in [9.17, 15) is 14.4 Å². The number of hydrogen-bond donors (Lipinski definition) is 6. The first-order valence-electron chi connectivity index (χ1n) is 11.3. The van der Waals surface area contributed by atoms with E-state index in [2.05, 4.69) is 10.1 Å². The Hall–Kier alpha value is -2.15. The van der Waals surface area contributed by atoms with Crippen LogP contribution in [0.1, 0.15) is 51.4 Å². The smallest absolute Gasteiger partial charge is 0.450 e. The van der Waals surface area contributed by atoms with Crippen LogP contribution in [-0.2, 0) is 14.3 Å². The van der Waals surface area contributed by atoms with Crippen molar-refractivity contribution in [2.45, 2.75) is 63.5 Å². The minimum Gasteiger partial charge on any atom is -0.450 e. The summed E-state index contributed by atoms with van der Waals surface area (Å²) in [7, 11) is 0. The van der Waals surface area contributed by atoms with Crippen LogP contribution in [0.15, 0.2) is 0 Å². The van der Waals surface area contributed by atoms with E-state index in [1.165, 1.54) is 4.90 Å². The van der Waals surface area contributed by atoms with Crippen LogP contribution in [0.2, 0.25) is 0 Å². The molecule has 0 spiro atoms. The third-order valence-corrected chi connectivity index (χ3v) is 4.70. The first kappa shape index (κ1) is 29.9. The maximum absolute atomic E-state index is 12.5. The van der Waals surface area contributed by atoms with Crippen LogP contribution in [-0.4, -0.2) is 86.2 Å². The molecule has 0 aromatic carbocycles. The van der Waals surface area contributed by atoms with Crippen LogP contribution in [0.3, 0.4) is 0 Å². The fourth-order valence-electron chi connectivity index (χ4n) is 2.94. The molecule has 32 heavy (non-hydrogen) atoms. The Morgan fingerprint density at radius 1 is 0.844 bits per heavy atom. The second-order valence-electron chi connectivity index (χ2n) is 7.66. The van der Waals surface area contributed by atoms with Crippen molar-refractivity contribution in [3.05, 3.63) is 0 Å². The van der Waals surface area contributed by atoms with Gasteiger partial charge in [0.2, 0.25) is 5.91 Å². The van der Waals surface area contributed by atoms with Crippen molar-refractivity contribution >= 4 is 18.2 Å². The van der Waals surface area contributed by atoms with Crippen LogP contribution in [0.4, 0.5) is 9.59 Å². The quantitative estimate of drug-likeness (QED) is 0.111. The van der Waals surface area contributed by atoms with E-state index in [1.807, 2.05) is 0 Å². The third-order valence-electron chi connectivity index (χ3n) is 4.70. The molecule has 2 atom stereocenters. The second kappa shape index (κ2) is 19.5. The Bertz CT molecular complexity index is 525. The molecule has 0 aromatic heterocycles. The van der Waals surface area contributed by atoms with Gasteiger partial charge in [0.1, 0.15) is 19.8 Å². The normalized spacial score (nSPS) is 12.6. The van der Waals surface area contributed by atoms with Gasteiger partial charge in [-0.25, -0.2) is 9.59 Å². The van der Waals surface area contributed by atoms with Gasteiger partial charge in [-0.1, -0.05) is 12.8 Å². The van der Waals surface area contributed by atoms with E-state index in [-0.39, 0.29) is 25.8 Å². The number of carbonyl (C=O) groups is 3. The molecule has 188 valence electrons. The average Bonchev–Trinajstić information content (AvgIpc) is 2.75. The topological polar surface area (TPSA) is 209 Å². The van der Waals surface area contributed by atoms with Crippen molar-refractivity contribution in [1.82, 2.24) is 10.2 Å². The number of rotatable bonds is 19. The summed E-state index contributed by atoms with van der Waals surface area (Å²) in [4.78, 5) is 37.1. The van der Waals surface area contributed by atoms with E-state index in [0.717, 1.165) is 19.3 Å². The first-order valence-corrected chi connectivity index (χ1v) is 11.3. The lowest BCUT2D eigenvalue weighted by Crippen LogP contribution is -2.46. The molecule has 0 heterocycles. The number of amides is 2. The fourth-order valence-corrected chi connectivity index (χ4v) is 2.94. The van der Waals surface area contributed by atoms with Crippen LogP contribution in [0.5, 0.6) is 0 Å². The first-order chi connectivity index (χ1) is 15.3. The Kier molecular flexibility index (Phi) is 18.2. The molecule has 0 aliphatic rings. The van der Waals surface area contributed by atoms with Crippen molar-refractivity contribution in [1.29, 1.82) is 0 Å². The Labute approximate surface area is 190 Å². The Balaban J connectivity index is 4.79. The van der Waals surface area contributed by atoms with Gasteiger partial charge in [-0.05, 0) is 58.2 Å². The molecule has 0 saturated heterocycles. The number of nitrogens with two attached hydrogens (primary N) is 4. The van der Waals surface area contributed by atoms with Gasteiger partial charge in [0.05, 0.1) is 6.04 Å². The molecule has 12 heteroatoms. The van der Waals surface area contributed by atoms with Gasteiger partial charge in [0.25, 0.3) is 0 Å². The fraction of sp³-hybridized carbons (Fsp3) is 0.850. The highest BCUT2D eigenvalue weighted by Gasteiger charge is 2.21. The van der Waals surface area contributed by atoms with Gasteiger partial charge in [-0.15, -0.1) is 0 Å². The molecule has 12 nitrogen and oxygen atoms in total. The van der Waals surface area contributed by atoms with Crippen molar-refractivity contribution in [2.75, 3.05) is 45.9 Å². The van der Waals surface area contributed by atoms with Gasteiger partial charge in [-0.3, -0.25) is 9.69 Å². The van der Waals surface area contributed by atoms with Gasteiger partial charge in [0.15, 0.2) is 0 Å². The minimum absolute atomic E-state index is 0.0482. The Morgan fingerprint density at radius 3 is 2.03 bits per heavy atom. The summed E-state index contributed by atoms with van der Waals surface area (Å²) in [6, 6.07) is -0.812. The molecule has 0 aromatic rings. The van der Waals surface area contributed by atoms with E-state index >= 15 is 0 Å². The summed E-state index contributed by atoms with van der Waals surface area (Å²) in [5.41, 5.74) is 22.4. The second-order valence-corrected chi connectivity index (χ2v) is 7.66. The number of hydrogen-bond acceptors (Lipinski definition) is 9. The molecule has 0 aliphatic heterocycles. The number of nitrogens with one attached hydrogen (secondary N) is 1. The highest BCUT2D eigenvalue weighted by Crippen LogP contribution is 2.05. The number of ether oxygens (including phenoxy) is 2. The molecule has 0 radical (unpaired) electrons. The zero-order chi connectivity index (χ0) is 24.2. The van der Waals surface area contributed by atoms with Crippen molar-refractivity contribution in [3.63, 3.8) is 0 Å². The van der Waals surface area contributed by atoms with Crippen LogP contribution in [0, 0.1) is 0 Å². The molecular formula is C20H42N6O6. The number of nitrogens with zero attached hydrogens (tertiary/aromatic N) is 1. The lowest BCUT2D eigenvalue weighted by Gasteiger charge is -2.24. The molecule has 10 N–H and O–H groups in total. The van der Waals surface area contributed by atoms with Gasteiger partial charge in [-0.2, -0.15) is 0 Å². The van der Waals surface area contributed by atoms with Crippen molar-refractivity contribution < 1.29 is 29.0 Å². The highest BCUT2D eigenvalue weighted by atomic mass is 16.7. The maximum Gasteiger partial charge on any atom is 0.505 e. The van der Waals surface area contributed by atoms with Crippen molar-refractivity contribution in [3.8, 4) is 0 Å². The largest absolute Gasteiger partial charge is 0.505 e. The van der Waals surface area contributed by atoms with E-state index in [0.29, 0.717) is 58.3 Å². The molecule has 0 saturated carbocycles. The van der Waals surface area contributed by atoms with E-state index in [1.54, 1.807) is 0 Å². The molecule has 0 rings (SSSR count). The summed E-state index contributed by atoms with van der Waals surface area (Å²) in [5.74, 6) is -0.436. The van der Waals surface area contributed by atoms with Crippen LogP contribution >= 0.6 is 0 Å². The van der Waals surface area contributed by atoms with Gasteiger partial charge < -0.3 is 42.8 Å². The number of carbonyl (C=O) groups excluding carboxylic acids is 2. The molecule has 0 unspecified atom stereocenters. The zero-order valence-electron chi connectivity index (χ0n) is 19.0. The summed E-state index contributed by atoms with van der Waals surface area (Å²) >= 11 is 0. The standard InChI is InChI=1S/C20H42N6O6/c21-9-3-1-7-16(24)14-31-19(28)26(12-6-5-11-23)13-18(27)25-17(8-2-4-10-22)15-32-20(29)30/h16-17H,1-15,21-24H2,(H,25,27)(H,29,30)/t16-,17+/m1/s1. The molecule has 0 fully saturated rings. The Morgan fingerprint density at radius 2 is 1.44 bits per heavy atom. The number of unbranched alkanes of at least 4 members (excludes halogenated alkanes) is 3. The predicted molar refractivity (Wildman–Crippen MR) is 121 cm³/mol. The summed E-state index contributed by atoms with van der Waals surface area (Å²) in [5, 5.41) is 11.5. The molecule has 2 amide bonds. The number of carboxylic acid groups (broad SMARTS) is 1.